The van der Waals surface area contributed by atoms with Crippen LogP contribution in [0.25, 0.3) is 0 Å². The Kier molecular flexibility index (Phi) is 4.25. The van der Waals surface area contributed by atoms with Gasteiger partial charge >= 0.3 is 7.12 Å². The molecule has 0 aromatic heterocycles. The fourth-order valence-electron chi connectivity index (χ4n) is 2.52. The third-order valence-corrected chi connectivity index (χ3v) is 4.01. The van der Waals surface area contributed by atoms with Crippen LogP contribution in [-0.2, 0) is 0 Å². The highest BCUT2D eigenvalue weighted by Crippen LogP contribution is 2.23. The summed E-state index contributed by atoms with van der Waals surface area (Å²) in [4.78, 5) is 25.1. The van der Waals surface area contributed by atoms with Crippen LogP contribution < -0.4 is 5.46 Å². The van der Waals surface area contributed by atoms with Gasteiger partial charge in [-0.15, -0.1) is 0 Å². The smallest absolute Gasteiger partial charge is 0.423 e. The number of nitrogens with zero attached hydrogens (tertiary/aromatic N) is 1. The third kappa shape index (κ3) is 2.76. The van der Waals surface area contributed by atoms with E-state index in [1.165, 1.54) is 18.2 Å². The minimum atomic E-state index is -1.72. The van der Waals surface area contributed by atoms with Crippen molar-refractivity contribution in [3.63, 3.8) is 0 Å². The van der Waals surface area contributed by atoms with Crippen molar-refractivity contribution in [2.45, 2.75) is 13.8 Å². The van der Waals surface area contributed by atoms with E-state index in [-0.39, 0.29) is 16.9 Å². The molecule has 0 bridgehead atoms. The van der Waals surface area contributed by atoms with Gasteiger partial charge in [-0.25, -0.2) is 0 Å². The number of likely N-dealkylation sites (tertiary alicyclic amines) is 1. The molecule has 1 aliphatic heterocycles. The van der Waals surface area contributed by atoms with Gasteiger partial charge in [0.2, 0.25) is 0 Å². The molecule has 2 N–H and O–H groups in total. The molecule has 20 heavy (non-hydrogen) atoms. The molecule has 1 aromatic rings. The summed E-state index contributed by atoms with van der Waals surface area (Å²) in [5.41, 5.74) is 0.642. The fraction of sp³-hybridized carbons (Fsp3) is 0.429. The zero-order valence-corrected chi connectivity index (χ0v) is 11.6. The van der Waals surface area contributed by atoms with Gasteiger partial charge in [0.15, 0.2) is 0 Å². The Balaban J connectivity index is 2.25. The maximum Gasteiger partial charge on any atom is 0.489 e. The number of hydrogen-bond donors (Lipinski definition) is 2. The zero-order chi connectivity index (χ0) is 14.9. The predicted molar refractivity (Wildman–Crippen MR) is 75.9 cm³/mol. The molecule has 2 unspecified atom stereocenters. The second-order valence-corrected chi connectivity index (χ2v) is 5.50. The lowest BCUT2D eigenvalue weighted by Crippen LogP contribution is -2.34. The highest BCUT2D eigenvalue weighted by Gasteiger charge is 2.30. The Bertz CT molecular complexity index is 522. The van der Waals surface area contributed by atoms with Crippen LogP contribution in [0.5, 0.6) is 0 Å². The Morgan fingerprint density at radius 1 is 1.30 bits per heavy atom. The first-order valence-corrected chi connectivity index (χ1v) is 6.68. The molecule has 0 saturated carbocycles. The second kappa shape index (κ2) is 5.77. The van der Waals surface area contributed by atoms with Gasteiger partial charge in [-0.05, 0) is 29.4 Å². The topological polar surface area (TPSA) is 77.8 Å². The van der Waals surface area contributed by atoms with Crippen molar-refractivity contribution in [3.8, 4) is 0 Å². The third-order valence-electron chi connectivity index (χ3n) is 4.01. The fourth-order valence-corrected chi connectivity index (χ4v) is 2.52. The molecule has 1 heterocycles. The van der Waals surface area contributed by atoms with E-state index >= 15 is 0 Å². The second-order valence-electron chi connectivity index (χ2n) is 5.50. The SMILES string of the molecule is CC1CN(C(=O)c2ccc(B(O)O)c(C=O)c2)CC1C. The maximum absolute atomic E-state index is 12.4. The van der Waals surface area contributed by atoms with E-state index < -0.39 is 7.12 Å². The summed E-state index contributed by atoms with van der Waals surface area (Å²) >= 11 is 0. The largest absolute Gasteiger partial charge is 0.489 e. The number of carbonyl (C=O) groups excluding carboxylic acids is 2. The van der Waals surface area contributed by atoms with E-state index in [0.717, 1.165) is 0 Å². The first-order valence-electron chi connectivity index (χ1n) is 6.68. The molecule has 0 spiro atoms. The maximum atomic E-state index is 12.4. The van der Waals surface area contributed by atoms with Crippen LogP contribution in [0.4, 0.5) is 0 Å². The van der Waals surface area contributed by atoms with Crippen LogP contribution in [0.3, 0.4) is 0 Å². The highest BCUT2D eigenvalue weighted by atomic mass is 16.4. The summed E-state index contributed by atoms with van der Waals surface area (Å²) in [6, 6.07) is 4.35. The molecule has 0 aliphatic carbocycles. The van der Waals surface area contributed by atoms with Crippen molar-refractivity contribution in [2.75, 3.05) is 13.1 Å². The number of aldehydes is 1. The van der Waals surface area contributed by atoms with Gasteiger partial charge in [0.05, 0.1) is 0 Å². The average molecular weight is 275 g/mol. The highest BCUT2D eigenvalue weighted by molar-refractivity contribution is 6.60. The van der Waals surface area contributed by atoms with Crippen molar-refractivity contribution in [1.82, 2.24) is 4.90 Å². The lowest BCUT2D eigenvalue weighted by molar-refractivity contribution is 0.0785. The number of hydrogen-bond acceptors (Lipinski definition) is 4. The van der Waals surface area contributed by atoms with Gasteiger partial charge in [-0.3, -0.25) is 9.59 Å². The molecule has 1 amide bonds. The quantitative estimate of drug-likeness (QED) is 0.597. The van der Waals surface area contributed by atoms with Crippen molar-refractivity contribution in [3.05, 3.63) is 29.3 Å². The first kappa shape index (κ1) is 14.7. The summed E-state index contributed by atoms with van der Waals surface area (Å²) in [5.74, 6) is 0.800. The lowest BCUT2D eigenvalue weighted by Gasteiger charge is -2.17. The number of carbonyl (C=O) groups is 2. The van der Waals surface area contributed by atoms with Gasteiger partial charge in [-0.1, -0.05) is 19.9 Å². The minimum Gasteiger partial charge on any atom is -0.423 e. The van der Waals surface area contributed by atoms with E-state index in [4.69, 9.17) is 10.0 Å². The molecule has 2 atom stereocenters. The summed E-state index contributed by atoms with van der Waals surface area (Å²) < 4.78 is 0. The van der Waals surface area contributed by atoms with Gasteiger partial charge in [0.1, 0.15) is 6.29 Å². The molecular weight excluding hydrogens is 257 g/mol. The normalized spacial score (nSPS) is 21.9. The summed E-state index contributed by atoms with van der Waals surface area (Å²) in [6.07, 6.45) is 0.529. The Morgan fingerprint density at radius 2 is 1.90 bits per heavy atom. The lowest BCUT2D eigenvalue weighted by atomic mass is 9.77. The van der Waals surface area contributed by atoms with E-state index in [0.29, 0.717) is 36.8 Å². The number of rotatable bonds is 3. The van der Waals surface area contributed by atoms with Crippen molar-refractivity contribution in [2.24, 2.45) is 11.8 Å². The van der Waals surface area contributed by atoms with Crippen LogP contribution in [0.2, 0.25) is 0 Å². The van der Waals surface area contributed by atoms with Crippen LogP contribution in [-0.4, -0.2) is 47.3 Å². The Morgan fingerprint density at radius 3 is 2.40 bits per heavy atom. The van der Waals surface area contributed by atoms with Crippen LogP contribution >= 0.6 is 0 Å². The molecule has 106 valence electrons. The Hall–Kier alpha value is -1.66. The van der Waals surface area contributed by atoms with Crippen LogP contribution in [0.15, 0.2) is 18.2 Å². The Labute approximate surface area is 118 Å². The number of benzene rings is 1. The average Bonchev–Trinajstić information content (AvgIpc) is 2.77. The standard InChI is InChI=1S/C14H18BNO4/c1-9-6-16(7-10(9)2)14(18)11-3-4-13(15(19)20)12(5-11)8-17/h3-5,8-10,19-20H,6-7H2,1-2H3. The summed E-state index contributed by atoms with van der Waals surface area (Å²) in [5, 5.41) is 18.3. The van der Waals surface area contributed by atoms with E-state index in [1.807, 2.05) is 0 Å². The molecule has 1 aromatic carbocycles. The minimum absolute atomic E-state index is 0.111. The van der Waals surface area contributed by atoms with Gasteiger partial charge in [0.25, 0.3) is 5.91 Å². The van der Waals surface area contributed by atoms with E-state index in [1.54, 1.807) is 4.90 Å². The van der Waals surface area contributed by atoms with Gasteiger partial charge in [0, 0.05) is 24.2 Å². The monoisotopic (exact) mass is 275 g/mol. The van der Waals surface area contributed by atoms with Crippen LogP contribution in [0, 0.1) is 11.8 Å². The van der Waals surface area contributed by atoms with Gasteiger partial charge < -0.3 is 14.9 Å². The molecule has 0 radical (unpaired) electrons. The first-order chi connectivity index (χ1) is 9.43. The van der Waals surface area contributed by atoms with Crippen molar-refractivity contribution in [1.29, 1.82) is 0 Å². The molecule has 2 rings (SSSR count). The molecule has 6 heteroatoms. The molecular formula is C14H18BNO4. The molecule has 5 nitrogen and oxygen atoms in total. The number of amides is 1. The molecule has 1 aliphatic rings. The summed E-state index contributed by atoms with van der Waals surface area (Å²) in [6.45, 7) is 5.64. The zero-order valence-electron chi connectivity index (χ0n) is 11.6. The van der Waals surface area contributed by atoms with Crippen molar-refractivity contribution < 1.29 is 19.6 Å². The van der Waals surface area contributed by atoms with Crippen LogP contribution in [0.1, 0.15) is 34.6 Å². The molecule has 1 saturated heterocycles. The van der Waals surface area contributed by atoms with Gasteiger partial charge in [-0.2, -0.15) is 0 Å². The predicted octanol–water partition coefficient (Wildman–Crippen LogP) is -0.0931. The van der Waals surface area contributed by atoms with E-state index in [2.05, 4.69) is 13.8 Å². The summed E-state index contributed by atoms with van der Waals surface area (Å²) in [7, 11) is -1.72. The van der Waals surface area contributed by atoms with E-state index in [9.17, 15) is 9.59 Å². The molecule has 1 fully saturated rings. The van der Waals surface area contributed by atoms with Crippen molar-refractivity contribution >= 4 is 24.8 Å².